The summed E-state index contributed by atoms with van der Waals surface area (Å²) < 4.78 is 11.8. The van der Waals surface area contributed by atoms with Crippen LogP contribution >= 0.6 is 0 Å². The van der Waals surface area contributed by atoms with E-state index >= 15 is 0 Å². The average Bonchev–Trinajstić information content (AvgIpc) is 3.13. The molecule has 1 aromatic heterocycles. The number of rotatable bonds is 6. The quantitative estimate of drug-likeness (QED) is 0.890. The van der Waals surface area contributed by atoms with Crippen LogP contribution in [0, 0.1) is 13.8 Å². The second kappa shape index (κ2) is 6.72. The first-order valence-corrected chi connectivity index (χ1v) is 8.08. The third-order valence-corrected chi connectivity index (χ3v) is 4.74. The van der Waals surface area contributed by atoms with Crippen molar-refractivity contribution >= 4 is 0 Å². The summed E-state index contributed by atoms with van der Waals surface area (Å²) in [5, 5.41) is 7.34. The maximum Gasteiger partial charge on any atom is 0.119 e. The zero-order chi connectivity index (χ0) is 16.3. The Bertz CT molecular complexity index is 621. The minimum Gasteiger partial charge on any atom is -0.491 e. The number of methoxy groups -OCH3 is 1. The summed E-state index contributed by atoms with van der Waals surface area (Å²) in [5.74, 6) is 0.892. The van der Waals surface area contributed by atoms with Crippen LogP contribution in [0.3, 0.4) is 0 Å². The molecule has 2 aromatic rings. The van der Waals surface area contributed by atoms with Crippen LogP contribution in [0.1, 0.15) is 23.4 Å². The summed E-state index contributed by atoms with van der Waals surface area (Å²) in [6.45, 7) is 7.50. The predicted molar refractivity (Wildman–Crippen MR) is 89.6 cm³/mol. The van der Waals surface area contributed by atoms with E-state index < -0.39 is 0 Å². The second-order valence-electron chi connectivity index (χ2n) is 6.36. The van der Waals surface area contributed by atoms with E-state index in [0.717, 1.165) is 43.2 Å². The lowest BCUT2D eigenvalue weighted by Crippen LogP contribution is -2.41. The lowest BCUT2D eigenvalue weighted by Gasteiger charge is -2.28. The first-order chi connectivity index (χ1) is 11.1. The molecular weight excluding hydrogens is 290 g/mol. The fraction of sp³-hybridized carbons (Fsp3) is 0.500. The third-order valence-electron chi connectivity index (χ3n) is 4.74. The number of nitrogens with zero attached hydrogens (tertiary/aromatic N) is 2. The van der Waals surface area contributed by atoms with E-state index in [-0.39, 0.29) is 5.60 Å². The highest BCUT2D eigenvalue weighted by molar-refractivity contribution is 5.23. The number of para-hydroxylation sites is 1. The zero-order valence-electron chi connectivity index (χ0n) is 14.1. The van der Waals surface area contributed by atoms with Gasteiger partial charge in [-0.3, -0.25) is 10.00 Å². The van der Waals surface area contributed by atoms with Crippen LogP contribution in [0.2, 0.25) is 0 Å². The van der Waals surface area contributed by atoms with Crippen LogP contribution in [0.4, 0.5) is 0 Å². The molecule has 2 heterocycles. The Morgan fingerprint density at radius 3 is 2.70 bits per heavy atom. The third kappa shape index (κ3) is 3.57. The number of benzene rings is 1. The molecule has 0 radical (unpaired) electrons. The number of aryl methyl sites for hydroxylation is 2. The number of aromatic nitrogens is 2. The van der Waals surface area contributed by atoms with Gasteiger partial charge in [-0.2, -0.15) is 5.10 Å². The van der Waals surface area contributed by atoms with Gasteiger partial charge in [0.15, 0.2) is 0 Å². The fourth-order valence-corrected chi connectivity index (χ4v) is 3.17. The standard InChI is InChI=1S/C18H25N3O2/c1-14-17(15(2)20-19-14)11-21-10-9-18(12-21,22-3)13-23-16-7-5-4-6-8-16/h4-8H,9-13H2,1-3H3,(H,19,20). The Hall–Kier alpha value is -1.85. The Morgan fingerprint density at radius 1 is 1.26 bits per heavy atom. The normalized spacial score (nSPS) is 21.7. The van der Waals surface area contributed by atoms with Crippen LogP contribution in [0.15, 0.2) is 30.3 Å². The van der Waals surface area contributed by atoms with E-state index in [1.807, 2.05) is 30.3 Å². The molecule has 1 aliphatic rings. The fourth-order valence-electron chi connectivity index (χ4n) is 3.17. The van der Waals surface area contributed by atoms with Gasteiger partial charge in [-0.15, -0.1) is 0 Å². The van der Waals surface area contributed by atoms with Crippen LogP contribution in [-0.2, 0) is 11.3 Å². The van der Waals surface area contributed by atoms with E-state index in [1.54, 1.807) is 7.11 Å². The van der Waals surface area contributed by atoms with E-state index in [4.69, 9.17) is 9.47 Å². The van der Waals surface area contributed by atoms with Crippen LogP contribution in [-0.4, -0.2) is 47.5 Å². The van der Waals surface area contributed by atoms with Crippen molar-refractivity contribution in [2.24, 2.45) is 0 Å². The molecule has 1 unspecified atom stereocenters. The molecule has 3 rings (SSSR count). The van der Waals surface area contributed by atoms with Crippen LogP contribution < -0.4 is 4.74 Å². The van der Waals surface area contributed by atoms with Crippen molar-refractivity contribution in [3.05, 3.63) is 47.3 Å². The Kier molecular flexibility index (Phi) is 4.68. The Labute approximate surface area is 137 Å². The lowest BCUT2D eigenvalue weighted by molar-refractivity contribution is -0.0359. The number of aromatic amines is 1. The molecule has 1 N–H and O–H groups in total. The van der Waals surface area contributed by atoms with E-state index in [9.17, 15) is 0 Å². The number of likely N-dealkylation sites (tertiary alicyclic amines) is 1. The van der Waals surface area contributed by atoms with Crippen LogP contribution in [0.25, 0.3) is 0 Å². The molecule has 0 spiro atoms. The topological polar surface area (TPSA) is 50.4 Å². The van der Waals surface area contributed by atoms with E-state index in [1.165, 1.54) is 5.56 Å². The summed E-state index contributed by atoms with van der Waals surface area (Å²) in [7, 11) is 1.78. The molecule has 124 valence electrons. The lowest BCUT2D eigenvalue weighted by atomic mass is 10.0. The summed E-state index contributed by atoms with van der Waals surface area (Å²) in [5.41, 5.74) is 3.29. The molecule has 5 nitrogen and oxygen atoms in total. The predicted octanol–water partition coefficient (Wildman–Crippen LogP) is 2.70. The van der Waals surface area contributed by atoms with Gasteiger partial charge in [-0.1, -0.05) is 18.2 Å². The van der Waals surface area contributed by atoms with Gasteiger partial charge in [-0.25, -0.2) is 0 Å². The molecule has 1 atom stereocenters. The first-order valence-electron chi connectivity index (χ1n) is 8.08. The van der Waals surface area contributed by atoms with Gasteiger partial charge >= 0.3 is 0 Å². The molecule has 0 aliphatic carbocycles. The smallest absolute Gasteiger partial charge is 0.119 e. The summed E-state index contributed by atoms with van der Waals surface area (Å²) >= 11 is 0. The number of hydrogen-bond acceptors (Lipinski definition) is 4. The number of nitrogens with one attached hydrogen (secondary N) is 1. The molecule has 1 saturated heterocycles. The molecule has 1 aliphatic heterocycles. The Morgan fingerprint density at radius 2 is 2.04 bits per heavy atom. The van der Waals surface area contributed by atoms with Crippen molar-refractivity contribution < 1.29 is 9.47 Å². The van der Waals surface area contributed by atoms with Gasteiger partial charge in [0.1, 0.15) is 18.0 Å². The summed E-state index contributed by atoms with van der Waals surface area (Å²) in [4.78, 5) is 2.42. The number of hydrogen-bond donors (Lipinski definition) is 1. The molecule has 1 aromatic carbocycles. The van der Waals surface area contributed by atoms with Crippen molar-refractivity contribution in [1.82, 2.24) is 15.1 Å². The molecule has 23 heavy (non-hydrogen) atoms. The van der Waals surface area contributed by atoms with Crippen molar-refractivity contribution in [2.45, 2.75) is 32.4 Å². The van der Waals surface area contributed by atoms with Crippen molar-refractivity contribution in [3.63, 3.8) is 0 Å². The molecule has 5 heteroatoms. The SMILES string of the molecule is COC1(COc2ccccc2)CCN(Cc2c(C)n[nH]c2C)C1. The monoisotopic (exact) mass is 315 g/mol. The first kappa shape index (κ1) is 16.0. The molecule has 0 amide bonds. The largest absolute Gasteiger partial charge is 0.491 e. The van der Waals surface area contributed by atoms with Gasteiger partial charge in [0.2, 0.25) is 0 Å². The maximum absolute atomic E-state index is 5.94. The highest BCUT2D eigenvalue weighted by Crippen LogP contribution is 2.28. The molecule has 1 fully saturated rings. The van der Waals surface area contributed by atoms with Gasteiger partial charge in [-0.05, 0) is 32.4 Å². The summed E-state index contributed by atoms with van der Waals surface area (Å²) in [6, 6.07) is 9.93. The molecule has 0 saturated carbocycles. The van der Waals surface area contributed by atoms with Gasteiger partial charge in [0.25, 0.3) is 0 Å². The van der Waals surface area contributed by atoms with Crippen LogP contribution in [0.5, 0.6) is 5.75 Å². The van der Waals surface area contributed by atoms with Crippen molar-refractivity contribution in [1.29, 1.82) is 0 Å². The van der Waals surface area contributed by atoms with Gasteiger partial charge in [0, 0.05) is 38.0 Å². The minimum absolute atomic E-state index is 0.235. The molecule has 0 bridgehead atoms. The highest BCUT2D eigenvalue weighted by Gasteiger charge is 2.39. The molecular formula is C18H25N3O2. The van der Waals surface area contributed by atoms with E-state index in [0.29, 0.717) is 6.61 Å². The Balaban J connectivity index is 1.61. The average molecular weight is 315 g/mol. The second-order valence-corrected chi connectivity index (χ2v) is 6.36. The summed E-state index contributed by atoms with van der Waals surface area (Å²) in [6.07, 6.45) is 0.978. The number of ether oxygens (including phenoxy) is 2. The maximum atomic E-state index is 5.94. The minimum atomic E-state index is -0.235. The zero-order valence-corrected chi connectivity index (χ0v) is 14.1. The highest BCUT2D eigenvalue weighted by atomic mass is 16.5. The van der Waals surface area contributed by atoms with Crippen molar-refractivity contribution in [2.75, 3.05) is 26.8 Å². The van der Waals surface area contributed by atoms with Crippen molar-refractivity contribution in [3.8, 4) is 5.75 Å². The van der Waals surface area contributed by atoms with E-state index in [2.05, 4.69) is 28.9 Å². The van der Waals surface area contributed by atoms with Gasteiger partial charge < -0.3 is 9.47 Å². The number of H-pyrrole nitrogens is 1. The van der Waals surface area contributed by atoms with Gasteiger partial charge in [0.05, 0.1) is 5.69 Å².